The van der Waals surface area contributed by atoms with Crippen LogP contribution in [0, 0.1) is 0 Å². The maximum absolute atomic E-state index is 12.4. The number of hydrogen-bond acceptors (Lipinski definition) is 8. The van der Waals surface area contributed by atoms with Crippen molar-refractivity contribution in [2.24, 2.45) is 0 Å². The second-order valence-corrected chi connectivity index (χ2v) is 9.89. The van der Waals surface area contributed by atoms with Crippen LogP contribution >= 0.6 is 34.7 Å². The first kappa shape index (κ1) is 23.0. The van der Waals surface area contributed by atoms with Crippen LogP contribution in [0.2, 0.25) is 5.02 Å². The van der Waals surface area contributed by atoms with Gasteiger partial charge in [0.1, 0.15) is 17.4 Å². The number of amides is 1. The zero-order chi connectivity index (χ0) is 22.3. The van der Waals surface area contributed by atoms with Gasteiger partial charge in [-0.05, 0) is 44.0 Å². The van der Waals surface area contributed by atoms with Crippen molar-refractivity contribution in [3.05, 3.63) is 40.1 Å². The molecule has 1 amide bonds. The molecule has 0 spiro atoms. The first-order valence-corrected chi connectivity index (χ1v) is 12.9. The number of carbonyl (C=O) groups excluding carboxylic acids is 1. The van der Waals surface area contributed by atoms with Gasteiger partial charge in [0, 0.05) is 17.5 Å². The van der Waals surface area contributed by atoms with E-state index in [0.29, 0.717) is 39.3 Å². The minimum Gasteiger partial charge on any atom is -0.486 e. The highest BCUT2D eigenvalue weighted by atomic mass is 35.5. The molecule has 4 rings (SSSR count). The molecule has 1 aromatic carbocycles. The van der Waals surface area contributed by atoms with Crippen molar-refractivity contribution in [2.45, 2.75) is 63.3 Å². The Hall–Kier alpha value is -2.17. The topological polar surface area (TPSA) is 94.8 Å². The fourth-order valence-corrected chi connectivity index (χ4v) is 5.49. The highest BCUT2D eigenvalue weighted by Crippen LogP contribution is 2.35. The second-order valence-electron chi connectivity index (χ2n) is 7.50. The molecule has 1 N–H and O–H groups in total. The number of ether oxygens (including phenoxy) is 1. The molecule has 8 nitrogen and oxygen atoms in total. The third kappa shape index (κ3) is 5.99. The lowest BCUT2D eigenvalue weighted by molar-refractivity contribution is -0.113. The molecule has 11 heteroatoms. The number of thioether (sulfide) groups is 1. The van der Waals surface area contributed by atoms with Crippen molar-refractivity contribution in [3.8, 4) is 5.75 Å². The number of nitrogens with one attached hydrogen (secondary N) is 1. The van der Waals surface area contributed by atoms with E-state index in [0.717, 1.165) is 17.8 Å². The van der Waals surface area contributed by atoms with Gasteiger partial charge in [0.2, 0.25) is 11.0 Å². The molecule has 1 saturated carbocycles. The van der Waals surface area contributed by atoms with Crippen molar-refractivity contribution in [1.29, 1.82) is 0 Å². The third-order valence-corrected chi connectivity index (χ3v) is 7.48. The lowest BCUT2D eigenvalue weighted by atomic mass is 9.90. The van der Waals surface area contributed by atoms with Crippen LogP contribution < -0.4 is 10.1 Å². The number of benzene rings is 1. The summed E-state index contributed by atoms with van der Waals surface area (Å²) in [7, 11) is 0. The molecule has 0 saturated heterocycles. The Labute approximate surface area is 200 Å². The van der Waals surface area contributed by atoms with Gasteiger partial charge in [0.25, 0.3) is 0 Å². The molecule has 2 aromatic heterocycles. The van der Waals surface area contributed by atoms with Crippen molar-refractivity contribution in [3.63, 3.8) is 0 Å². The molecule has 3 aromatic rings. The van der Waals surface area contributed by atoms with E-state index in [9.17, 15) is 4.79 Å². The molecular weight excluding hydrogens is 468 g/mol. The van der Waals surface area contributed by atoms with Gasteiger partial charge in [0.15, 0.2) is 11.0 Å². The molecule has 0 atom stereocenters. The zero-order valence-corrected chi connectivity index (χ0v) is 20.2. The van der Waals surface area contributed by atoms with E-state index in [1.54, 1.807) is 12.1 Å². The molecule has 0 unspecified atom stereocenters. The zero-order valence-electron chi connectivity index (χ0n) is 17.8. The van der Waals surface area contributed by atoms with E-state index in [1.807, 2.05) is 23.6 Å². The number of aromatic nitrogens is 5. The largest absolute Gasteiger partial charge is 0.486 e. The molecule has 1 fully saturated rings. The predicted molar refractivity (Wildman–Crippen MR) is 127 cm³/mol. The van der Waals surface area contributed by atoms with Crippen LogP contribution in [0.4, 0.5) is 5.13 Å². The SMILES string of the molecule is CCn1c(COc2ccc(Cl)cc2)nnc1SCC(=O)Nc1nnc(C2CCCCC2)s1. The standard InChI is InChI=1S/C21H25ClN6O2S2/c1-2-28-17(12-30-16-10-8-15(22)9-11-16)24-27-21(28)31-13-18(29)23-20-26-25-19(32-20)14-6-4-3-5-7-14/h8-11,14H,2-7,12-13H2,1H3,(H,23,26,29). The van der Waals surface area contributed by atoms with Crippen LogP contribution in [-0.4, -0.2) is 36.6 Å². The number of rotatable bonds is 9. The van der Waals surface area contributed by atoms with E-state index >= 15 is 0 Å². The van der Waals surface area contributed by atoms with E-state index in [-0.39, 0.29) is 18.3 Å². The fourth-order valence-electron chi connectivity index (χ4n) is 3.61. The molecule has 0 aliphatic heterocycles. The summed E-state index contributed by atoms with van der Waals surface area (Å²) in [6.07, 6.45) is 6.11. The Morgan fingerprint density at radius 2 is 1.97 bits per heavy atom. The smallest absolute Gasteiger partial charge is 0.236 e. The van der Waals surface area contributed by atoms with Gasteiger partial charge in [0.05, 0.1) is 5.75 Å². The number of nitrogens with zero attached hydrogens (tertiary/aromatic N) is 5. The van der Waals surface area contributed by atoms with Crippen LogP contribution in [0.1, 0.15) is 55.8 Å². The summed E-state index contributed by atoms with van der Waals surface area (Å²) in [6.45, 7) is 2.97. The maximum Gasteiger partial charge on any atom is 0.236 e. The summed E-state index contributed by atoms with van der Waals surface area (Å²) in [5.41, 5.74) is 0. The number of hydrogen-bond donors (Lipinski definition) is 1. The highest BCUT2D eigenvalue weighted by molar-refractivity contribution is 7.99. The minimum absolute atomic E-state index is 0.133. The van der Waals surface area contributed by atoms with Gasteiger partial charge >= 0.3 is 0 Å². The van der Waals surface area contributed by atoms with Gasteiger partial charge in [-0.2, -0.15) is 0 Å². The van der Waals surface area contributed by atoms with Gasteiger partial charge < -0.3 is 9.30 Å². The normalized spacial score (nSPS) is 14.4. The molecule has 0 bridgehead atoms. The van der Waals surface area contributed by atoms with Crippen molar-refractivity contribution < 1.29 is 9.53 Å². The average molecular weight is 493 g/mol. The van der Waals surface area contributed by atoms with E-state index in [2.05, 4.69) is 25.7 Å². The van der Waals surface area contributed by atoms with Crippen molar-refractivity contribution in [2.75, 3.05) is 11.1 Å². The molecule has 32 heavy (non-hydrogen) atoms. The molecule has 2 heterocycles. The first-order chi connectivity index (χ1) is 15.6. The monoisotopic (exact) mass is 492 g/mol. The summed E-state index contributed by atoms with van der Waals surface area (Å²) in [4.78, 5) is 12.4. The third-order valence-electron chi connectivity index (χ3n) is 5.27. The minimum atomic E-state index is -0.133. The van der Waals surface area contributed by atoms with Gasteiger partial charge in [-0.3, -0.25) is 10.1 Å². The first-order valence-electron chi connectivity index (χ1n) is 10.7. The Bertz CT molecular complexity index is 1030. The molecule has 1 aliphatic carbocycles. The Morgan fingerprint density at radius 1 is 1.19 bits per heavy atom. The molecule has 170 valence electrons. The molecule has 0 radical (unpaired) electrons. The Balaban J connectivity index is 1.29. The number of carbonyl (C=O) groups is 1. The summed E-state index contributed by atoms with van der Waals surface area (Å²) in [6, 6.07) is 7.17. The Morgan fingerprint density at radius 3 is 2.72 bits per heavy atom. The van der Waals surface area contributed by atoms with Crippen LogP contribution in [-0.2, 0) is 17.9 Å². The average Bonchev–Trinajstić information content (AvgIpc) is 3.44. The maximum atomic E-state index is 12.4. The Kier molecular flexibility index (Phi) is 7.99. The van der Waals surface area contributed by atoms with E-state index in [1.165, 1.54) is 42.4 Å². The van der Waals surface area contributed by atoms with Gasteiger partial charge in [-0.15, -0.1) is 20.4 Å². The fraction of sp³-hybridized carbons (Fsp3) is 0.476. The van der Waals surface area contributed by atoms with Crippen LogP contribution in [0.15, 0.2) is 29.4 Å². The van der Waals surface area contributed by atoms with Crippen LogP contribution in [0.25, 0.3) is 0 Å². The summed E-state index contributed by atoms with van der Waals surface area (Å²) in [5, 5.41) is 22.7. The van der Waals surface area contributed by atoms with E-state index in [4.69, 9.17) is 16.3 Å². The van der Waals surface area contributed by atoms with E-state index < -0.39 is 0 Å². The van der Waals surface area contributed by atoms with Crippen LogP contribution in [0.3, 0.4) is 0 Å². The summed E-state index contributed by atoms with van der Waals surface area (Å²) in [5.74, 6) is 1.97. The number of anilines is 1. The summed E-state index contributed by atoms with van der Waals surface area (Å²) >= 11 is 8.73. The number of halogens is 1. The predicted octanol–water partition coefficient (Wildman–Crippen LogP) is 5.16. The summed E-state index contributed by atoms with van der Waals surface area (Å²) < 4.78 is 7.72. The lowest BCUT2D eigenvalue weighted by Crippen LogP contribution is -2.14. The van der Waals surface area contributed by atoms with Gasteiger partial charge in [-0.25, -0.2) is 0 Å². The van der Waals surface area contributed by atoms with Crippen molar-refractivity contribution in [1.82, 2.24) is 25.0 Å². The molecular formula is C21H25ClN6O2S2. The quantitative estimate of drug-likeness (QED) is 0.412. The van der Waals surface area contributed by atoms with Gasteiger partial charge in [-0.1, -0.05) is 54.0 Å². The van der Waals surface area contributed by atoms with Crippen LogP contribution in [0.5, 0.6) is 5.75 Å². The molecule has 1 aliphatic rings. The lowest BCUT2D eigenvalue weighted by Gasteiger charge is -2.18. The second kappa shape index (κ2) is 11.1. The highest BCUT2D eigenvalue weighted by Gasteiger charge is 2.20. The van der Waals surface area contributed by atoms with Crippen molar-refractivity contribution >= 4 is 45.7 Å².